The summed E-state index contributed by atoms with van der Waals surface area (Å²) in [7, 11) is 0. The monoisotopic (exact) mass is 242 g/mol. The van der Waals surface area contributed by atoms with Crippen molar-refractivity contribution in [1.82, 2.24) is 9.80 Å². The van der Waals surface area contributed by atoms with Gasteiger partial charge in [-0.1, -0.05) is 0 Å². The van der Waals surface area contributed by atoms with Crippen molar-refractivity contribution >= 4 is 5.91 Å². The fraction of sp³-hybridized carbons (Fsp3) is 0.917. The normalized spacial score (nSPS) is 28.4. The maximum atomic E-state index is 12.1. The average Bonchev–Trinajstić information content (AvgIpc) is 2.32. The van der Waals surface area contributed by atoms with Crippen LogP contribution in [0.15, 0.2) is 0 Å². The molecule has 0 aromatic heterocycles. The lowest BCUT2D eigenvalue weighted by Crippen LogP contribution is -2.49. The van der Waals surface area contributed by atoms with Crippen LogP contribution in [0, 0.1) is 0 Å². The Morgan fingerprint density at radius 3 is 2.71 bits per heavy atom. The number of piperidine rings is 1. The minimum Gasteiger partial charge on any atom is -0.393 e. The summed E-state index contributed by atoms with van der Waals surface area (Å²) in [6, 6.07) is 0. The van der Waals surface area contributed by atoms with Crippen LogP contribution in [-0.4, -0.2) is 72.4 Å². The van der Waals surface area contributed by atoms with E-state index in [0.717, 1.165) is 25.9 Å². The van der Waals surface area contributed by atoms with Gasteiger partial charge in [0.2, 0.25) is 5.91 Å². The third kappa shape index (κ3) is 3.66. The molecule has 0 aliphatic carbocycles. The molecular weight excluding hydrogens is 220 g/mol. The van der Waals surface area contributed by atoms with Crippen LogP contribution >= 0.6 is 0 Å². The third-order valence-corrected chi connectivity index (χ3v) is 3.51. The van der Waals surface area contributed by atoms with Crippen LogP contribution in [0.1, 0.15) is 19.8 Å². The predicted octanol–water partition coefficient (Wildman–Crippen LogP) is -0.310. The molecule has 0 saturated carbocycles. The predicted molar refractivity (Wildman–Crippen MR) is 63.7 cm³/mol. The first-order chi connectivity index (χ1) is 8.15. The maximum absolute atomic E-state index is 12.1. The largest absolute Gasteiger partial charge is 0.393 e. The molecule has 5 nitrogen and oxygen atoms in total. The zero-order valence-corrected chi connectivity index (χ0v) is 10.5. The highest BCUT2D eigenvalue weighted by Gasteiger charge is 2.24. The quantitative estimate of drug-likeness (QED) is 0.722. The first-order valence-electron chi connectivity index (χ1n) is 6.45. The van der Waals surface area contributed by atoms with Crippen molar-refractivity contribution in [2.75, 3.05) is 39.3 Å². The summed E-state index contributed by atoms with van der Waals surface area (Å²) in [5.74, 6) is 0.191. The number of carbonyl (C=O) groups is 1. The van der Waals surface area contributed by atoms with E-state index in [1.54, 1.807) is 0 Å². The van der Waals surface area contributed by atoms with Gasteiger partial charge in [-0.15, -0.1) is 0 Å². The van der Waals surface area contributed by atoms with Gasteiger partial charge < -0.3 is 14.7 Å². The lowest BCUT2D eigenvalue weighted by molar-refractivity contribution is -0.139. The number of ether oxygens (including phenoxy) is 1. The highest BCUT2D eigenvalue weighted by Crippen LogP contribution is 2.11. The maximum Gasteiger partial charge on any atom is 0.236 e. The Bertz CT molecular complexity index is 264. The van der Waals surface area contributed by atoms with E-state index in [2.05, 4.69) is 4.90 Å². The van der Waals surface area contributed by atoms with Gasteiger partial charge in [0.1, 0.15) is 0 Å². The number of nitrogens with zero attached hydrogens (tertiary/aromatic N) is 2. The molecule has 0 aromatic rings. The molecule has 1 N–H and O–H groups in total. The first-order valence-corrected chi connectivity index (χ1v) is 6.45. The second-order valence-corrected chi connectivity index (χ2v) is 5.03. The van der Waals surface area contributed by atoms with Crippen molar-refractivity contribution in [3.8, 4) is 0 Å². The molecule has 2 fully saturated rings. The number of amides is 1. The molecular formula is C12H22N2O3. The van der Waals surface area contributed by atoms with Gasteiger partial charge in [-0.3, -0.25) is 9.69 Å². The molecule has 0 spiro atoms. The number of aliphatic hydroxyl groups excluding tert-OH is 1. The van der Waals surface area contributed by atoms with Crippen molar-refractivity contribution in [3.05, 3.63) is 0 Å². The Labute approximate surface area is 102 Å². The Morgan fingerprint density at radius 2 is 2.06 bits per heavy atom. The van der Waals surface area contributed by atoms with Crippen LogP contribution in [0.25, 0.3) is 0 Å². The van der Waals surface area contributed by atoms with Gasteiger partial charge >= 0.3 is 0 Å². The SMILES string of the molecule is CC1CN(C(=O)CN2CCC(O)CC2)CCO1. The van der Waals surface area contributed by atoms with Crippen molar-refractivity contribution in [3.63, 3.8) is 0 Å². The Balaban J connectivity index is 1.76. The number of morpholine rings is 1. The van der Waals surface area contributed by atoms with Gasteiger partial charge in [-0.25, -0.2) is 0 Å². The van der Waals surface area contributed by atoms with E-state index in [-0.39, 0.29) is 18.1 Å². The van der Waals surface area contributed by atoms with Gasteiger partial charge in [-0.2, -0.15) is 0 Å². The molecule has 2 aliphatic heterocycles. The standard InChI is InChI=1S/C12H22N2O3/c1-10-8-14(6-7-17-10)12(16)9-13-4-2-11(15)3-5-13/h10-11,15H,2-9H2,1H3. The molecule has 0 bridgehead atoms. The number of hydrogen-bond acceptors (Lipinski definition) is 4. The Kier molecular flexibility index (Phi) is 4.36. The molecule has 1 unspecified atom stereocenters. The summed E-state index contributed by atoms with van der Waals surface area (Å²) in [6.07, 6.45) is 1.54. The molecule has 0 aromatic carbocycles. The van der Waals surface area contributed by atoms with Crippen molar-refractivity contribution in [2.45, 2.75) is 32.0 Å². The van der Waals surface area contributed by atoms with E-state index in [4.69, 9.17) is 4.74 Å². The fourth-order valence-electron chi connectivity index (χ4n) is 2.41. The summed E-state index contributed by atoms with van der Waals surface area (Å²) in [4.78, 5) is 16.1. The smallest absolute Gasteiger partial charge is 0.236 e. The molecule has 1 amide bonds. The number of carbonyl (C=O) groups excluding carboxylic acids is 1. The molecule has 2 rings (SSSR count). The molecule has 98 valence electrons. The second-order valence-electron chi connectivity index (χ2n) is 5.03. The summed E-state index contributed by atoms with van der Waals surface area (Å²) >= 11 is 0. The average molecular weight is 242 g/mol. The molecule has 2 aliphatic rings. The van der Waals surface area contributed by atoms with Crippen molar-refractivity contribution in [1.29, 1.82) is 0 Å². The van der Waals surface area contributed by atoms with Crippen LogP contribution < -0.4 is 0 Å². The van der Waals surface area contributed by atoms with E-state index in [0.29, 0.717) is 26.2 Å². The van der Waals surface area contributed by atoms with Gasteiger partial charge in [0.25, 0.3) is 0 Å². The third-order valence-electron chi connectivity index (χ3n) is 3.51. The van der Waals surface area contributed by atoms with Crippen LogP contribution in [0.3, 0.4) is 0 Å². The number of aliphatic hydroxyl groups is 1. The lowest BCUT2D eigenvalue weighted by atomic mass is 10.1. The number of likely N-dealkylation sites (tertiary alicyclic amines) is 1. The highest BCUT2D eigenvalue weighted by molar-refractivity contribution is 5.78. The van der Waals surface area contributed by atoms with E-state index in [1.807, 2.05) is 11.8 Å². The molecule has 1 atom stereocenters. The molecule has 2 saturated heterocycles. The van der Waals surface area contributed by atoms with E-state index < -0.39 is 0 Å². The molecule has 5 heteroatoms. The van der Waals surface area contributed by atoms with Crippen molar-refractivity contribution in [2.24, 2.45) is 0 Å². The minimum absolute atomic E-state index is 0.149. The van der Waals surface area contributed by atoms with Crippen LogP contribution in [0.5, 0.6) is 0 Å². The number of hydrogen-bond donors (Lipinski definition) is 1. The summed E-state index contributed by atoms with van der Waals surface area (Å²) in [6.45, 7) is 6.19. The van der Waals surface area contributed by atoms with E-state index >= 15 is 0 Å². The highest BCUT2D eigenvalue weighted by atomic mass is 16.5. The van der Waals surface area contributed by atoms with Crippen LogP contribution in [0.2, 0.25) is 0 Å². The zero-order valence-electron chi connectivity index (χ0n) is 10.5. The number of rotatable bonds is 2. The lowest BCUT2D eigenvalue weighted by Gasteiger charge is -2.34. The van der Waals surface area contributed by atoms with E-state index in [1.165, 1.54) is 0 Å². The topological polar surface area (TPSA) is 53.0 Å². The minimum atomic E-state index is -0.176. The second kappa shape index (κ2) is 5.80. The van der Waals surface area contributed by atoms with Crippen molar-refractivity contribution < 1.29 is 14.6 Å². The first kappa shape index (κ1) is 12.8. The Hall–Kier alpha value is -0.650. The molecule has 17 heavy (non-hydrogen) atoms. The molecule has 2 heterocycles. The van der Waals surface area contributed by atoms with Gasteiger partial charge in [0.05, 0.1) is 25.4 Å². The van der Waals surface area contributed by atoms with Gasteiger partial charge in [0, 0.05) is 26.2 Å². The zero-order chi connectivity index (χ0) is 12.3. The summed E-state index contributed by atoms with van der Waals surface area (Å²) in [5.41, 5.74) is 0. The van der Waals surface area contributed by atoms with E-state index in [9.17, 15) is 9.90 Å². The summed E-state index contributed by atoms with van der Waals surface area (Å²) < 4.78 is 5.42. The summed E-state index contributed by atoms with van der Waals surface area (Å²) in [5, 5.41) is 9.41. The van der Waals surface area contributed by atoms with Gasteiger partial charge in [0.15, 0.2) is 0 Å². The fourth-order valence-corrected chi connectivity index (χ4v) is 2.41. The molecule has 0 radical (unpaired) electrons. The Morgan fingerprint density at radius 1 is 1.35 bits per heavy atom. The van der Waals surface area contributed by atoms with Crippen LogP contribution in [-0.2, 0) is 9.53 Å². The van der Waals surface area contributed by atoms with Gasteiger partial charge in [-0.05, 0) is 19.8 Å². The van der Waals surface area contributed by atoms with Crippen LogP contribution in [0.4, 0.5) is 0 Å².